The van der Waals surface area contributed by atoms with E-state index in [1.54, 1.807) is 4.90 Å². The zero-order chi connectivity index (χ0) is 20.6. The summed E-state index contributed by atoms with van der Waals surface area (Å²) in [6, 6.07) is 6.47. The maximum Gasteiger partial charge on any atom is 0.329 e. The lowest BCUT2D eigenvalue weighted by Crippen LogP contribution is -2.79. The van der Waals surface area contributed by atoms with E-state index < -0.39 is 6.03 Å². The average molecular weight is 396 g/mol. The SMILES string of the molecule is Cn1nc(N2CCC(=O)NC2=O)c2ccc(N3CC4(CNC4C(C)(C)C)C3)cc21. The van der Waals surface area contributed by atoms with Crippen LogP contribution in [0.25, 0.3) is 10.9 Å². The van der Waals surface area contributed by atoms with Crippen LogP contribution in [0.3, 0.4) is 0 Å². The highest BCUT2D eigenvalue weighted by Gasteiger charge is 2.58. The number of carbonyl (C=O) groups is 2. The Morgan fingerprint density at radius 2 is 1.97 bits per heavy atom. The van der Waals surface area contributed by atoms with Crippen molar-refractivity contribution in [1.82, 2.24) is 20.4 Å². The van der Waals surface area contributed by atoms with Crippen molar-refractivity contribution in [2.75, 3.05) is 36.0 Å². The number of hydrogen-bond donors (Lipinski definition) is 2. The van der Waals surface area contributed by atoms with E-state index in [0.29, 0.717) is 30.2 Å². The molecule has 2 aromatic rings. The van der Waals surface area contributed by atoms with Gasteiger partial charge in [-0.2, -0.15) is 5.10 Å². The number of rotatable bonds is 2. The molecule has 3 saturated heterocycles. The molecule has 3 fully saturated rings. The molecule has 1 aromatic carbocycles. The Bertz CT molecular complexity index is 1010. The van der Waals surface area contributed by atoms with Crippen LogP contribution in [0.5, 0.6) is 0 Å². The summed E-state index contributed by atoms with van der Waals surface area (Å²) >= 11 is 0. The fraction of sp³-hybridized carbons (Fsp3) is 0.571. The van der Waals surface area contributed by atoms with Crippen molar-refractivity contribution in [3.05, 3.63) is 18.2 Å². The van der Waals surface area contributed by atoms with Crippen molar-refractivity contribution >= 4 is 34.3 Å². The van der Waals surface area contributed by atoms with E-state index in [1.807, 2.05) is 17.8 Å². The molecule has 8 nitrogen and oxygen atoms in total. The Morgan fingerprint density at radius 3 is 2.59 bits per heavy atom. The second kappa shape index (κ2) is 5.95. The van der Waals surface area contributed by atoms with Gasteiger partial charge in [-0.25, -0.2) is 4.79 Å². The highest BCUT2D eigenvalue weighted by molar-refractivity contribution is 6.09. The average Bonchev–Trinajstić information content (AvgIpc) is 2.88. The van der Waals surface area contributed by atoms with Gasteiger partial charge in [0.05, 0.1) is 5.52 Å². The predicted octanol–water partition coefficient (Wildman–Crippen LogP) is 1.84. The molecule has 1 unspecified atom stereocenters. The highest BCUT2D eigenvalue weighted by atomic mass is 16.2. The van der Waals surface area contributed by atoms with Gasteiger partial charge in [-0.05, 0) is 23.6 Å². The monoisotopic (exact) mass is 396 g/mol. The van der Waals surface area contributed by atoms with Crippen LogP contribution in [0.1, 0.15) is 27.2 Å². The second-order valence-electron chi connectivity index (χ2n) is 9.80. The molecule has 3 aliphatic rings. The smallest absolute Gasteiger partial charge is 0.329 e. The van der Waals surface area contributed by atoms with Gasteiger partial charge in [0.2, 0.25) is 5.91 Å². The molecule has 1 aromatic heterocycles. The summed E-state index contributed by atoms with van der Waals surface area (Å²) in [5.74, 6) is 0.370. The van der Waals surface area contributed by atoms with Crippen LogP contribution in [-0.4, -0.2) is 53.9 Å². The van der Waals surface area contributed by atoms with Crippen molar-refractivity contribution < 1.29 is 9.59 Å². The lowest BCUT2D eigenvalue weighted by Gasteiger charge is -2.65. The van der Waals surface area contributed by atoms with Gasteiger partial charge in [0, 0.05) is 62.2 Å². The van der Waals surface area contributed by atoms with Crippen LogP contribution in [0, 0.1) is 10.8 Å². The second-order valence-corrected chi connectivity index (χ2v) is 9.80. The molecule has 3 amide bonds. The third-order valence-electron chi connectivity index (χ3n) is 6.64. The third-order valence-corrected chi connectivity index (χ3v) is 6.64. The molecule has 1 spiro atoms. The maximum atomic E-state index is 12.2. The molecule has 3 aliphatic heterocycles. The number of urea groups is 1. The summed E-state index contributed by atoms with van der Waals surface area (Å²) in [6.45, 7) is 10.5. The summed E-state index contributed by atoms with van der Waals surface area (Å²) in [7, 11) is 1.89. The Morgan fingerprint density at radius 1 is 1.21 bits per heavy atom. The molecule has 154 valence electrons. The minimum Gasteiger partial charge on any atom is -0.370 e. The fourth-order valence-corrected chi connectivity index (χ4v) is 5.30. The number of aryl methyl sites for hydroxylation is 1. The van der Waals surface area contributed by atoms with Crippen molar-refractivity contribution in [2.45, 2.75) is 33.2 Å². The molecular weight excluding hydrogens is 368 g/mol. The molecule has 8 heteroatoms. The van der Waals surface area contributed by atoms with Crippen LogP contribution < -0.4 is 20.4 Å². The van der Waals surface area contributed by atoms with Gasteiger partial charge in [0.25, 0.3) is 0 Å². The van der Waals surface area contributed by atoms with Crippen LogP contribution in [0.4, 0.5) is 16.3 Å². The van der Waals surface area contributed by atoms with Gasteiger partial charge in [-0.3, -0.25) is 19.7 Å². The summed E-state index contributed by atoms with van der Waals surface area (Å²) in [4.78, 5) is 27.7. The zero-order valence-electron chi connectivity index (χ0n) is 17.5. The largest absolute Gasteiger partial charge is 0.370 e. The Hall–Kier alpha value is -2.61. The van der Waals surface area contributed by atoms with Crippen molar-refractivity contribution in [2.24, 2.45) is 17.9 Å². The lowest BCUT2D eigenvalue weighted by atomic mass is 9.59. The van der Waals surface area contributed by atoms with Crippen LogP contribution in [0.2, 0.25) is 0 Å². The Kier molecular flexibility index (Phi) is 3.78. The predicted molar refractivity (Wildman–Crippen MR) is 112 cm³/mol. The topological polar surface area (TPSA) is 82.5 Å². The number of nitrogens with zero attached hydrogens (tertiary/aromatic N) is 4. The van der Waals surface area contributed by atoms with Crippen LogP contribution in [0.15, 0.2) is 18.2 Å². The van der Waals surface area contributed by atoms with Crippen LogP contribution >= 0.6 is 0 Å². The van der Waals surface area contributed by atoms with Gasteiger partial charge in [0.1, 0.15) is 0 Å². The molecule has 0 aliphatic carbocycles. The number of aromatic nitrogens is 2. The number of benzene rings is 1. The Labute approximate surface area is 170 Å². The molecule has 0 bridgehead atoms. The van der Waals surface area contributed by atoms with E-state index >= 15 is 0 Å². The van der Waals surface area contributed by atoms with E-state index in [-0.39, 0.29) is 11.3 Å². The molecule has 29 heavy (non-hydrogen) atoms. The molecular formula is C21H28N6O2. The first-order valence-corrected chi connectivity index (χ1v) is 10.2. The van der Waals surface area contributed by atoms with E-state index in [0.717, 1.165) is 30.5 Å². The van der Waals surface area contributed by atoms with Gasteiger partial charge in [0.15, 0.2) is 5.82 Å². The fourth-order valence-electron chi connectivity index (χ4n) is 5.30. The number of imide groups is 1. The van der Waals surface area contributed by atoms with Gasteiger partial charge in [-0.15, -0.1) is 0 Å². The molecule has 5 rings (SSSR count). The summed E-state index contributed by atoms with van der Waals surface area (Å²) in [5.41, 5.74) is 2.82. The minimum atomic E-state index is -0.402. The normalized spacial score (nSPS) is 23.9. The molecule has 1 atom stereocenters. The number of amides is 3. The standard InChI is InChI=1S/C21H28N6O2/c1-20(2,3)18-21(10-22-18)11-26(12-21)13-5-6-14-15(9-13)25(4)24-17(14)27-8-7-16(28)23-19(27)29/h5-6,9,18,22H,7-8,10-12H2,1-4H3,(H,23,28,29). The van der Waals surface area contributed by atoms with E-state index in [4.69, 9.17) is 0 Å². The molecule has 0 radical (unpaired) electrons. The minimum absolute atomic E-state index is 0.237. The first kappa shape index (κ1) is 18.4. The summed E-state index contributed by atoms with van der Waals surface area (Å²) < 4.78 is 1.82. The Balaban J connectivity index is 1.39. The molecule has 0 saturated carbocycles. The van der Waals surface area contributed by atoms with Crippen molar-refractivity contribution in [3.8, 4) is 0 Å². The van der Waals surface area contributed by atoms with Gasteiger partial charge >= 0.3 is 6.03 Å². The zero-order valence-corrected chi connectivity index (χ0v) is 17.5. The first-order chi connectivity index (χ1) is 13.7. The highest BCUT2D eigenvalue weighted by Crippen LogP contribution is 2.48. The summed E-state index contributed by atoms with van der Waals surface area (Å²) in [5, 5.41) is 11.5. The molecule has 4 heterocycles. The van der Waals surface area contributed by atoms with E-state index in [9.17, 15) is 9.59 Å². The quantitative estimate of drug-likeness (QED) is 0.810. The van der Waals surface area contributed by atoms with Crippen molar-refractivity contribution in [3.63, 3.8) is 0 Å². The first-order valence-electron chi connectivity index (χ1n) is 10.2. The van der Waals surface area contributed by atoms with Crippen molar-refractivity contribution in [1.29, 1.82) is 0 Å². The maximum absolute atomic E-state index is 12.2. The lowest BCUT2D eigenvalue weighted by molar-refractivity contribution is -0.120. The third kappa shape index (κ3) is 2.73. The van der Waals surface area contributed by atoms with Crippen LogP contribution in [-0.2, 0) is 11.8 Å². The van der Waals surface area contributed by atoms with E-state index in [2.05, 4.69) is 53.5 Å². The number of carbonyl (C=O) groups excluding carboxylic acids is 2. The number of anilines is 2. The molecule has 2 N–H and O–H groups in total. The number of hydrogen-bond acceptors (Lipinski definition) is 5. The van der Waals surface area contributed by atoms with Gasteiger partial charge in [-0.1, -0.05) is 20.8 Å². The number of nitrogens with one attached hydrogen (secondary N) is 2. The summed E-state index contributed by atoms with van der Waals surface area (Å²) in [6.07, 6.45) is 0.292. The van der Waals surface area contributed by atoms with Gasteiger partial charge < -0.3 is 10.2 Å². The van der Waals surface area contributed by atoms with E-state index in [1.165, 1.54) is 5.69 Å². The number of fused-ring (bicyclic) bond motifs is 1.